The Morgan fingerprint density at radius 1 is 0.909 bits per heavy atom. The Hall–Kier alpha value is -3.50. The van der Waals surface area contributed by atoms with Gasteiger partial charge in [-0.25, -0.2) is 0 Å². The lowest BCUT2D eigenvalue weighted by Crippen LogP contribution is -2.40. The van der Waals surface area contributed by atoms with Crippen molar-refractivity contribution in [3.05, 3.63) is 106 Å². The average Bonchev–Trinajstić information content (AvgIpc) is 2.86. The molecule has 0 unspecified atom stereocenters. The minimum Gasteiger partial charge on any atom is -0.493 e. The molecule has 4 aromatic rings. The van der Waals surface area contributed by atoms with Gasteiger partial charge < -0.3 is 14.4 Å². The van der Waals surface area contributed by atoms with Crippen molar-refractivity contribution in [3.63, 3.8) is 0 Å². The summed E-state index contributed by atoms with van der Waals surface area (Å²) in [5, 5.41) is 2.64. The van der Waals surface area contributed by atoms with Gasteiger partial charge in [0.15, 0.2) is 11.5 Å². The molecule has 0 bridgehead atoms. The highest BCUT2D eigenvalue weighted by Crippen LogP contribution is 2.42. The monoisotopic (exact) mass is 457 g/mol. The number of ether oxygens (including phenoxy) is 2. The van der Waals surface area contributed by atoms with Crippen LogP contribution in [0.1, 0.15) is 33.1 Å². The van der Waals surface area contributed by atoms with Crippen LogP contribution < -0.4 is 9.47 Å². The summed E-state index contributed by atoms with van der Waals surface area (Å²) in [5.74, 6) is 1.33. The number of hydrogen-bond donors (Lipinski definition) is 0. The van der Waals surface area contributed by atoms with Gasteiger partial charge in [-0.3, -0.25) is 4.79 Å². The van der Waals surface area contributed by atoms with Gasteiger partial charge in [0, 0.05) is 17.1 Å². The van der Waals surface area contributed by atoms with Crippen LogP contribution in [0.4, 0.5) is 0 Å². The van der Waals surface area contributed by atoms with E-state index in [1.54, 1.807) is 14.2 Å². The lowest BCUT2D eigenvalue weighted by atomic mass is 9.87. The summed E-state index contributed by atoms with van der Waals surface area (Å²) in [6.45, 7) is 0.585. The number of benzene rings is 4. The molecule has 4 nitrogen and oxygen atoms in total. The minimum atomic E-state index is -0.293. The number of rotatable bonds is 4. The van der Waals surface area contributed by atoms with E-state index in [-0.39, 0.29) is 11.9 Å². The molecule has 33 heavy (non-hydrogen) atoms. The molecule has 1 amide bonds. The first-order chi connectivity index (χ1) is 16.1. The molecular weight excluding hydrogens is 434 g/mol. The quantitative estimate of drug-likeness (QED) is 0.361. The molecule has 1 aliphatic heterocycles. The summed E-state index contributed by atoms with van der Waals surface area (Å²) >= 11 is 6.37. The Kier molecular flexibility index (Phi) is 5.69. The Morgan fingerprint density at radius 2 is 1.64 bits per heavy atom. The smallest absolute Gasteiger partial charge is 0.255 e. The third kappa shape index (κ3) is 3.81. The van der Waals surface area contributed by atoms with Gasteiger partial charge in [-0.2, -0.15) is 0 Å². The molecular formula is C28H24ClNO3. The SMILES string of the molecule is COc1cc2c(cc1OC)[C@@H](c1cccc(Cl)c1)N(C(=O)c1cccc3ccccc13)CC2. The number of amides is 1. The normalized spacial score (nSPS) is 15.2. The van der Waals surface area contributed by atoms with E-state index < -0.39 is 0 Å². The van der Waals surface area contributed by atoms with Gasteiger partial charge in [-0.1, -0.05) is 60.1 Å². The van der Waals surface area contributed by atoms with Crippen LogP contribution in [0, 0.1) is 0 Å². The first kappa shape index (κ1) is 21.4. The summed E-state index contributed by atoms with van der Waals surface area (Å²) in [6.07, 6.45) is 0.725. The van der Waals surface area contributed by atoms with E-state index >= 15 is 0 Å². The van der Waals surface area contributed by atoms with Gasteiger partial charge in [0.1, 0.15) is 0 Å². The molecule has 0 radical (unpaired) electrons. The lowest BCUT2D eigenvalue weighted by Gasteiger charge is -2.38. The molecule has 0 spiro atoms. The van der Waals surface area contributed by atoms with Crippen LogP contribution in [0.15, 0.2) is 78.9 Å². The summed E-state index contributed by atoms with van der Waals surface area (Å²) in [5.41, 5.74) is 3.82. The summed E-state index contributed by atoms with van der Waals surface area (Å²) in [6, 6.07) is 25.3. The van der Waals surface area contributed by atoms with Crippen molar-refractivity contribution in [1.82, 2.24) is 4.90 Å². The lowest BCUT2D eigenvalue weighted by molar-refractivity contribution is 0.0696. The average molecular weight is 458 g/mol. The molecule has 166 valence electrons. The molecule has 1 atom stereocenters. The zero-order chi connectivity index (χ0) is 22.9. The van der Waals surface area contributed by atoms with E-state index in [1.165, 1.54) is 0 Å². The fraction of sp³-hybridized carbons (Fsp3) is 0.179. The van der Waals surface area contributed by atoms with Gasteiger partial charge >= 0.3 is 0 Å². The van der Waals surface area contributed by atoms with E-state index in [2.05, 4.69) is 0 Å². The van der Waals surface area contributed by atoms with E-state index in [0.29, 0.717) is 28.6 Å². The fourth-order valence-electron chi connectivity index (χ4n) is 4.77. The van der Waals surface area contributed by atoms with Crippen molar-refractivity contribution in [1.29, 1.82) is 0 Å². The Morgan fingerprint density at radius 3 is 2.42 bits per heavy atom. The third-order valence-corrected chi connectivity index (χ3v) is 6.55. The van der Waals surface area contributed by atoms with E-state index in [9.17, 15) is 4.79 Å². The Labute approximate surface area is 198 Å². The van der Waals surface area contributed by atoms with Crippen molar-refractivity contribution >= 4 is 28.3 Å². The van der Waals surface area contributed by atoms with E-state index in [0.717, 1.165) is 33.9 Å². The molecule has 0 saturated heterocycles. The van der Waals surface area contributed by atoms with Crippen molar-refractivity contribution in [2.45, 2.75) is 12.5 Å². The highest BCUT2D eigenvalue weighted by atomic mass is 35.5. The predicted octanol–water partition coefficient (Wildman–Crippen LogP) is 6.30. The van der Waals surface area contributed by atoms with E-state index in [1.807, 2.05) is 83.8 Å². The first-order valence-corrected chi connectivity index (χ1v) is 11.3. The maximum absolute atomic E-state index is 14.0. The van der Waals surface area contributed by atoms with Crippen molar-refractivity contribution in [3.8, 4) is 11.5 Å². The summed E-state index contributed by atoms with van der Waals surface area (Å²) < 4.78 is 11.1. The molecule has 0 aromatic heterocycles. The zero-order valence-electron chi connectivity index (χ0n) is 18.5. The molecule has 1 heterocycles. The highest BCUT2D eigenvalue weighted by Gasteiger charge is 2.34. The maximum Gasteiger partial charge on any atom is 0.255 e. The maximum atomic E-state index is 14.0. The summed E-state index contributed by atoms with van der Waals surface area (Å²) in [4.78, 5) is 16.0. The number of carbonyl (C=O) groups excluding carboxylic acids is 1. The molecule has 0 fully saturated rings. The van der Waals surface area contributed by atoms with Gasteiger partial charge in [0.25, 0.3) is 5.91 Å². The molecule has 4 aromatic carbocycles. The van der Waals surface area contributed by atoms with Crippen LogP contribution in [0.25, 0.3) is 10.8 Å². The number of hydrogen-bond acceptors (Lipinski definition) is 3. The van der Waals surface area contributed by atoms with Crippen molar-refractivity contribution in [2.24, 2.45) is 0 Å². The van der Waals surface area contributed by atoms with Crippen LogP contribution in [-0.4, -0.2) is 31.6 Å². The molecule has 0 aliphatic carbocycles. The Balaban J connectivity index is 1.68. The zero-order valence-corrected chi connectivity index (χ0v) is 19.3. The number of nitrogens with zero attached hydrogens (tertiary/aromatic N) is 1. The summed E-state index contributed by atoms with van der Waals surface area (Å²) in [7, 11) is 3.26. The Bertz CT molecular complexity index is 1350. The molecule has 0 saturated carbocycles. The van der Waals surface area contributed by atoms with Gasteiger partial charge in [0.05, 0.1) is 20.3 Å². The van der Waals surface area contributed by atoms with Crippen LogP contribution in [0.5, 0.6) is 11.5 Å². The topological polar surface area (TPSA) is 38.8 Å². The predicted molar refractivity (Wildman–Crippen MR) is 132 cm³/mol. The standard InChI is InChI=1S/C28H24ClNO3/c1-32-25-16-19-13-14-30(28(31)23-12-6-8-18-7-3-4-11-22(18)23)27(24(19)17-26(25)33-2)20-9-5-10-21(29)15-20/h3-12,15-17,27H,13-14H2,1-2H3/t27-/m1/s1. The highest BCUT2D eigenvalue weighted by molar-refractivity contribution is 6.30. The second kappa shape index (κ2) is 8.80. The largest absolute Gasteiger partial charge is 0.493 e. The van der Waals surface area contributed by atoms with Gasteiger partial charge in [-0.05, 0) is 64.2 Å². The molecule has 0 N–H and O–H groups in total. The molecule has 1 aliphatic rings. The van der Waals surface area contributed by atoms with Crippen LogP contribution in [0.2, 0.25) is 5.02 Å². The second-order valence-electron chi connectivity index (χ2n) is 8.14. The van der Waals surface area contributed by atoms with Crippen LogP contribution in [0.3, 0.4) is 0 Å². The van der Waals surface area contributed by atoms with Crippen molar-refractivity contribution < 1.29 is 14.3 Å². The van der Waals surface area contributed by atoms with Crippen LogP contribution in [-0.2, 0) is 6.42 Å². The molecule has 5 rings (SSSR count). The van der Waals surface area contributed by atoms with Crippen molar-refractivity contribution in [2.75, 3.05) is 20.8 Å². The van der Waals surface area contributed by atoms with E-state index in [4.69, 9.17) is 21.1 Å². The first-order valence-electron chi connectivity index (χ1n) is 10.9. The van der Waals surface area contributed by atoms with Gasteiger partial charge in [-0.15, -0.1) is 0 Å². The van der Waals surface area contributed by atoms with Crippen LogP contribution >= 0.6 is 11.6 Å². The fourth-order valence-corrected chi connectivity index (χ4v) is 4.97. The number of fused-ring (bicyclic) bond motifs is 2. The number of methoxy groups -OCH3 is 2. The number of carbonyl (C=O) groups is 1. The minimum absolute atomic E-state index is 0.00258. The third-order valence-electron chi connectivity index (χ3n) is 6.32. The second-order valence-corrected chi connectivity index (χ2v) is 8.58. The number of halogens is 1. The van der Waals surface area contributed by atoms with Gasteiger partial charge in [0.2, 0.25) is 0 Å². The molecule has 5 heteroatoms.